The van der Waals surface area contributed by atoms with Gasteiger partial charge < -0.3 is 37.4 Å². The van der Waals surface area contributed by atoms with Crippen molar-refractivity contribution in [1.29, 1.82) is 0 Å². The van der Waals surface area contributed by atoms with Crippen molar-refractivity contribution in [1.82, 2.24) is 10.5 Å². The first-order chi connectivity index (χ1) is 18.5. The van der Waals surface area contributed by atoms with E-state index in [9.17, 15) is 19.4 Å². The van der Waals surface area contributed by atoms with E-state index in [1.54, 1.807) is 17.0 Å². The van der Waals surface area contributed by atoms with E-state index in [4.69, 9.17) is 4.52 Å². The van der Waals surface area contributed by atoms with Crippen molar-refractivity contribution in [2.24, 2.45) is 0 Å². The first kappa shape index (κ1) is 28.1. The monoisotopic (exact) mass is 551 g/mol. The van der Waals surface area contributed by atoms with E-state index in [2.05, 4.69) is 10.5 Å². The van der Waals surface area contributed by atoms with Crippen molar-refractivity contribution >= 4 is 5.91 Å². The third-order valence-electron chi connectivity index (χ3n) is 7.02. The molecule has 0 bridgehead atoms. The van der Waals surface area contributed by atoms with Gasteiger partial charge in [0.25, 0.3) is 5.91 Å². The van der Waals surface area contributed by atoms with Crippen LogP contribution in [0.1, 0.15) is 42.2 Å². The molecule has 1 fully saturated rings. The lowest BCUT2D eigenvalue weighted by molar-refractivity contribution is -0.918. The molecule has 1 aliphatic rings. The molecule has 1 amide bonds. The summed E-state index contributed by atoms with van der Waals surface area (Å²) in [5.41, 5.74) is 2.90. The number of rotatable bonds is 7. The molecule has 3 aromatic carbocycles. The van der Waals surface area contributed by atoms with Crippen molar-refractivity contribution in [2.45, 2.75) is 32.7 Å². The number of aromatic hydroxyl groups is 2. The Morgan fingerprint density at radius 3 is 2.36 bits per heavy atom. The van der Waals surface area contributed by atoms with Crippen LogP contribution in [0, 0.1) is 5.82 Å². The molecule has 7 nitrogen and oxygen atoms in total. The highest BCUT2D eigenvalue weighted by atomic mass is 35.5. The van der Waals surface area contributed by atoms with Crippen LogP contribution in [0.2, 0.25) is 0 Å². The fourth-order valence-electron chi connectivity index (χ4n) is 5.10. The molecule has 4 aromatic rings. The van der Waals surface area contributed by atoms with Crippen LogP contribution in [-0.4, -0.2) is 40.9 Å². The van der Waals surface area contributed by atoms with Gasteiger partial charge in [-0.2, -0.15) is 0 Å². The molecule has 9 heteroatoms. The minimum absolute atomic E-state index is 0. The topological polar surface area (TPSA) is 100 Å². The van der Waals surface area contributed by atoms with E-state index in [1.807, 2.05) is 31.2 Å². The lowest BCUT2D eigenvalue weighted by atomic mass is 9.94. The van der Waals surface area contributed by atoms with Gasteiger partial charge in [-0.25, -0.2) is 4.39 Å². The fourth-order valence-corrected chi connectivity index (χ4v) is 5.10. The quantitative estimate of drug-likeness (QED) is 0.279. The minimum atomic E-state index is -0.522. The molecule has 0 radical (unpaired) electrons. The van der Waals surface area contributed by atoms with Crippen LogP contribution < -0.4 is 22.6 Å². The second-order valence-electron chi connectivity index (χ2n) is 9.65. The molecule has 204 valence electrons. The Morgan fingerprint density at radius 1 is 0.974 bits per heavy atom. The van der Waals surface area contributed by atoms with Crippen molar-refractivity contribution in [3.05, 3.63) is 77.7 Å². The summed E-state index contributed by atoms with van der Waals surface area (Å²) in [5, 5.41) is 28.1. The molecule has 1 aromatic heterocycles. The number of hydrogen-bond donors (Lipinski definition) is 4. The molecule has 0 spiro atoms. The highest BCUT2D eigenvalue weighted by Crippen LogP contribution is 2.44. The van der Waals surface area contributed by atoms with Gasteiger partial charge in [-0.15, -0.1) is 0 Å². The Hall–Kier alpha value is -3.88. The van der Waals surface area contributed by atoms with Gasteiger partial charge in [0, 0.05) is 29.3 Å². The van der Waals surface area contributed by atoms with Crippen LogP contribution in [0.4, 0.5) is 4.39 Å². The summed E-state index contributed by atoms with van der Waals surface area (Å²) >= 11 is 0. The summed E-state index contributed by atoms with van der Waals surface area (Å²) < 4.78 is 20.2. The van der Waals surface area contributed by atoms with Crippen LogP contribution in [0.25, 0.3) is 33.6 Å². The van der Waals surface area contributed by atoms with Gasteiger partial charge in [-0.3, -0.25) is 4.79 Å². The maximum absolute atomic E-state index is 14.6. The maximum atomic E-state index is 14.6. The Labute approximate surface area is 232 Å². The number of hydrogen-bond acceptors (Lipinski definition) is 5. The Bertz CT molecular complexity index is 1450. The number of piperidine rings is 1. The second kappa shape index (κ2) is 12.3. The molecule has 0 atom stereocenters. The molecule has 4 N–H and O–H groups in total. The zero-order chi connectivity index (χ0) is 26.6. The highest BCUT2D eigenvalue weighted by Gasteiger charge is 2.27. The smallest absolute Gasteiger partial charge is 0.274 e. The number of likely N-dealkylation sites (tertiary alicyclic amines) is 1. The number of aromatic nitrogens is 1. The number of phenols is 2. The van der Waals surface area contributed by atoms with Crippen LogP contribution in [0.3, 0.4) is 0 Å². The number of carbonyl (C=O) groups excluding carboxylic acids is 1. The number of phenolic OH excluding ortho intramolecular Hbond substituents is 2. The largest absolute Gasteiger partial charge is 1.00 e. The number of nitrogens with zero attached hydrogens (tertiary/aromatic N) is 1. The Kier molecular flexibility index (Phi) is 8.89. The van der Waals surface area contributed by atoms with E-state index in [-0.39, 0.29) is 52.1 Å². The van der Waals surface area contributed by atoms with Gasteiger partial charge in [0.05, 0.1) is 24.2 Å². The van der Waals surface area contributed by atoms with Gasteiger partial charge in [-0.1, -0.05) is 47.6 Å². The van der Waals surface area contributed by atoms with E-state index < -0.39 is 11.7 Å². The van der Waals surface area contributed by atoms with Crippen LogP contribution >= 0.6 is 0 Å². The number of amides is 1. The van der Waals surface area contributed by atoms with Crippen LogP contribution in [0.5, 0.6) is 11.5 Å². The Morgan fingerprint density at radius 2 is 1.67 bits per heavy atom. The average Bonchev–Trinajstić information content (AvgIpc) is 3.36. The minimum Gasteiger partial charge on any atom is -1.00 e. The third-order valence-corrected chi connectivity index (χ3v) is 7.02. The van der Waals surface area contributed by atoms with Crippen molar-refractivity contribution in [3.8, 4) is 45.1 Å². The van der Waals surface area contributed by atoms with Crippen molar-refractivity contribution in [2.75, 3.05) is 19.6 Å². The molecule has 0 aliphatic carbocycles. The molecule has 5 rings (SSSR count). The van der Waals surface area contributed by atoms with E-state index in [1.165, 1.54) is 56.1 Å². The number of nitrogens with one attached hydrogen (secondary N) is 2. The standard InChI is InChI=1S/C30H30FN3O4.ClH/c1-2-32-30(37)28-27(20-12-10-19(11-13-20)18-34-14-6-3-7-15-34)29(38-33-28)23-16-22(25(35)17-26(23)36)21-8-4-5-9-24(21)31;/h4-5,8-13,16-17,35-36H,2-3,6-7,14-15,18H2,1H3,(H,32,37);1H. The summed E-state index contributed by atoms with van der Waals surface area (Å²) in [5.74, 6) is -1.35. The van der Waals surface area contributed by atoms with E-state index >= 15 is 0 Å². The zero-order valence-electron chi connectivity index (χ0n) is 21.6. The third kappa shape index (κ3) is 5.92. The van der Waals surface area contributed by atoms with Gasteiger partial charge in [0.2, 0.25) is 0 Å². The van der Waals surface area contributed by atoms with E-state index in [0.717, 1.165) is 12.6 Å². The lowest BCUT2D eigenvalue weighted by Crippen LogP contribution is -3.11. The number of halogens is 2. The zero-order valence-corrected chi connectivity index (χ0v) is 22.4. The maximum Gasteiger partial charge on any atom is 0.274 e. The first-order valence-corrected chi connectivity index (χ1v) is 13.0. The molecule has 0 saturated carbocycles. The summed E-state index contributed by atoms with van der Waals surface area (Å²) in [6.07, 6.45) is 3.79. The summed E-state index contributed by atoms with van der Waals surface area (Å²) in [6.45, 7) is 5.49. The van der Waals surface area contributed by atoms with Gasteiger partial charge in [0.15, 0.2) is 11.5 Å². The van der Waals surface area contributed by atoms with Gasteiger partial charge in [0.1, 0.15) is 23.9 Å². The molecule has 1 saturated heterocycles. The van der Waals surface area contributed by atoms with Crippen molar-refractivity contribution in [3.63, 3.8) is 0 Å². The van der Waals surface area contributed by atoms with Crippen LogP contribution in [-0.2, 0) is 6.54 Å². The number of benzene rings is 3. The predicted molar refractivity (Wildman–Crippen MR) is 142 cm³/mol. The first-order valence-electron chi connectivity index (χ1n) is 13.0. The number of carbonyl (C=O) groups is 1. The normalized spacial score (nSPS) is 13.6. The molecule has 2 heterocycles. The SMILES string of the molecule is CCNC(=O)c1noc(-c2cc(-c3ccccc3F)c(O)cc2O)c1-c1ccc(C[NH+]2CCCCC2)cc1.[Cl-]. The molecule has 39 heavy (non-hydrogen) atoms. The second-order valence-corrected chi connectivity index (χ2v) is 9.65. The molecular weight excluding hydrogens is 521 g/mol. The van der Waals surface area contributed by atoms with Gasteiger partial charge in [-0.05, 0) is 43.9 Å². The lowest BCUT2D eigenvalue weighted by Gasteiger charge is -2.23. The summed E-state index contributed by atoms with van der Waals surface area (Å²) in [6, 6.07) is 16.6. The van der Waals surface area contributed by atoms with Gasteiger partial charge >= 0.3 is 0 Å². The van der Waals surface area contributed by atoms with Crippen LogP contribution in [0.15, 0.2) is 65.2 Å². The fraction of sp³-hybridized carbons (Fsp3) is 0.267. The molecule has 0 unspecified atom stereocenters. The summed E-state index contributed by atoms with van der Waals surface area (Å²) in [4.78, 5) is 14.5. The highest BCUT2D eigenvalue weighted by molar-refractivity contribution is 6.03. The molecular formula is C30H31ClFN3O4. The average molecular weight is 552 g/mol. The predicted octanol–water partition coefficient (Wildman–Crippen LogP) is 1.55. The molecule has 1 aliphatic heterocycles. The van der Waals surface area contributed by atoms with E-state index in [0.29, 0.717) is 17.7 Å². The summed E-state index contributed by atoms with van der Waals surface area (Å²) in [7, 11) is 0. The number of quaternary nitrogens is 1. The Balaban J connectivity index is 0.00000353. The van der Waals surface area contributed by atoms with Crippen molar-refractivity contribution < 1.29 is 41.2 Å².